The summed E-state index contributed by atoms with van der Waals surface area (Å²) >= 11 is 1.71. The van der Waals surface area contributed by atoms with E-state index in [0.717, 1.165) is 34.7 Å². The number of nitrogens with zero attached hydrogens (tertiary/aromatic N) is 2. The number of aromatic nitrogens is 2. The smallest absolute Gasteiger partial charge is 0.230 e. The number of benzene rings is 1. The number of hydrogen-bond acceptors (Lipinski definition) is 4. The minimum atomic E-state index is 0.0774. The zero-order valence-corrected chi connectivity index (χ0v) is 14.4. The normalized spacial score (nSPS) is 15.3. The highest BCUT2D eigenvalue weighted by atomic mass is 32.2. The number of para-hydroxylation sites is 1. The minimum absolute atomic E-state index is 0.0774. The van der Waals surface area contributed by atoms with E-state index in [1.54, 1.807) is 11.8 Å². The zero-order chi connectivity index (χ0) is 16.1. The summed E-state index contributed by atoms with van der Waals surface area (Å²) in [4.78, 5) is 22.2. The molecule has 23 heavy (non-hydrogen) atoms. The van der Waals surface area contributed by atoms with Crippen molar-refractivity contribution in [2.45, 2.75) is 26.3 Å². The standard InChI is InChI=1S/C17H24N4OS/c1-13-5-4-6-14-17(13)20-15(19-14)11-18-16(22)12-23-10-9-21-7-2-3-8-21/h4-6H,2-3,7-12H2,1H3,(H,18,22)(H,19,20). The van der Waals surface area contributed by atoms with E-state index >= 15 is 0 Å². The van der Waals surface area contributed by atoms with E-state index in [2.05, 4.69) is 20.2 Å². The summed E-state index contributed by atoms with van der Waals surface area (Å²) in [6, 6.07) is 6.06. The Labute approximate surface area is 141 Å². The van der Waals surface area contributed by atoms with Gasteiger partial charge in [-0.1, -0.05) is 12.1 Å². The molecule has 1 fully saturated rings. The molecule has 124 valence electrons. The topological polar surface area (TPSA) is 61.0 Å². The average molecular weight is 332 g/mol. The summed E-state index contributed by atoms with van der Waals surface area (Å²) in [5.41, 5.74) is 3.15. The lowest BCUT2D eigenvalue weighted by atomic mass is 10.2. The Bertz CT molecular complexity index is 664. The fourth-order valence-electron chi connectivity index (χ4n) is 2.91. The molecular weight excluding hydrogens is 308 g/mol. The van der Waals surface area contributed by atoms with Crippen molar-refractivity contribution in [3.63, 3.8) is 0 Å². The number of thioether (sulfide) groups is 1. The second-order valence-corrected chi connectivity index (χ2v) is 7.14. The second kappa shape index (κ2) is 7.84. The predicted molar refractivity (Wildman–Crippen MR) is 95.7 cm³/mol. The molecule has 0 bridgehead atoms. The molecule has 0 unspecified atom stereocenters. The molecule has 1 saturated heterocycles. The molecule has 1 aromatic carbocycles. The summed E-state index contributed by atoms with van der Waals surface area (Å²) < 4.78 is 0. The van der Waals surface area contributed by atoms with Crippen LogP contribution in [0.1, 0.15) is 24.2 Å². The highest BCUT2D eigenvalue weighted by Gasteiger charge is 2.11. The quantitative estimate of drug-likeness (QED) is 0.764. The Balaban J connectivity index is 1.38. The molecule has 1 aromatic heterocycles. The van der Waals surface area contributed by atoms with Crippen LogP contribution in [0, 0.1) is 6.92 Å². The van der Waals surface area contributed by atoms with E-state index in [0.29, 0.717) is 12.3 Å². The fraction of sp³-hybridized carbons (Fsp3) is 0.529. The Kier molecular flexibility index (Phi) is 5.56. The van der Waals surface area contributed by atoms with Crippen LogP contribution in [0.3, 0.4) is 0 Å². The van der Waals surface area contributed by atoms with Crippen molar-refractivity contribution in [3.8, 4) is 0 Å². The van der Waals surface area contributed by atoms with Crippen LogP contribution >= 0.6 is 11.8 Å². The Morgan fingerprint density at radius 1 is 1.39 bits per heavy atom. The van der Waals surface area contributed by atoms with Gasteiger partial charge < -0.3 is 15.2 Å². The monoisotopic (exact) mass is 332 g/mol. The van der Waals surface area contributed by atoms with Crippen LogP contribution < -0.4 is 5.32 Å². The van der Waals surface area contributed by atoms with Crippen LogP contribution in [0.5, 0.6) is 0 Å². The number of imidazole rings is 1. The van der Waals surface area contributed by atoms with Gasteiger partial charge in [-0.2, -0.15) is 11.8 Å². The van der Waals surface area contributed by atoms with Crippen molar-refractivity contribution < 1.29 is 4.79 Å². The molecule has 1 aliphatic heterocycles. The van der Waals surface area contributed by atoms with Gasteiger partial charge in [0.05, 0.1) is 23.3 Å². The van der Waals surface area contributed by atoms with Crippen LogP contribution in [0.15, 0.2) is 18.2 Å². The first-order valence-corrected chi connectivity index (χ1v) is 9.39. The number of likely N-dealkylation sites (tertiary alicyclic amines) is 1. The van der Waals surface area contributed by atoms with Crippen LogP contribution in [-0.4, -0.2) is 51.9 Å². The number of fused-ring (bicyclic) bond motifs is 1. The molecule has 5 nitrogen and oxygen atoms in total. The van der Waals surface area contributed by atoms with Gasteiger partial charge in [0, 0.05) is 12.3 Å². The molecule has 2 heterocycles. The lowest BCUT2D eigenvalue weighted by molar-refractivity contribution is -0.118. The number of carbonyl (C=O) groups is 1. The van der Waals surface area contributed by atoms with E-state index in [1.165, 1.54) is 25.9 Å². The van der Waals surface area contributed by atoms with E-state index in [4.69, 9.17) is 0 Å². The van der Waals surface area contributed by atoms with Crippen LogP contribution in [0.4, 0.5) is 0 Å². The van der Waals surface area contributed by atoms with Gasteiger partial charge in [-0.25, -0.2) is 4.98 Å². The van der Waals surface area contributed by atoms with Crippen molar-refractivity contribution in [2.24, 2.45) is 0 Å². The third kappa shape index (κ3) is 4.48. The number of carbonyl (C=O) groups excluding carboxylic acids is 1. The Morgan fingerprint density at radius 2 is 2.22 bits per heavy atom. The van der Waals surface area contributed by atoms with Gasteiger partial charge in [-0.05, 0) is 44.5 Å². The molecule has 6 heteroatoms. The molecule has 1 aliphatic rings. The van der Waals surface area contributed by atoms with Gasteiger partial charge in [0.2, 0.25) is 5.91 Å². The first-order chi connectivity index (χ1) is 11.2. The first kappa shape index (κ1) is 16.3. The Morgan fingerprint density at radius 3 is 3.00 bits per heavy atom. The first-order valence-electron chi connectivity index (χ1n) is 8.23. The van der Waals surface area contributed by atoms with Crippen molar-refractivity contribution in [2.75, 3.05) is 31.1 Å². The molecule has 1 amide bonds. The predicted octanol–water partition coefficient (Wildman–Crippen LogP) is 2.32. The largest absolute Gasteiger partial charge is 0.348 e. The van der Waals surface area contributed by atoms with Crippen molar-refractivity contribution in [1.82, 2.24) is 20.2 Å². The number of aryl methyl sites for hydroxylation is 1. The number of hydrogen-bond donors (Lipinski definition) is 2. The lowest BCUT2D eigenvalue weighted by Crippen LogP contribution is -2.26. The molecule has 0 aliphatic carbocycles. The maximum absolute atomic E-state index is 11.9. The summed E-state index contributed by atoms with van der Waals surface area (Å²) in [7, 11) is 0. The Hall–Kier alpha value is -1.53. The number of nitrogens with one attached hydrogen (secondary N) is 2. The molecular formula is C17H24N4OS. The second-order valence-electron chi connectivity index (χ2n) is 6.03. The summed E-state index contributed by atoms with van der Waals surface area (Å²) in [5.74, 6) is 2.43. The van der Waals surface area contributed by atoms with Gasteiger partial charge in [0.25, 0.3) is 0 Å². The minimum Gasteiger partial charge on any atom is -0.348 e. The van der Waals surface area contributed by atoms with E-state index < -0.39 is 0 Å². The third-order valence-electron chi connectivity index (χ3n) is 4.20. The number of aromatic amines is 1. The SMILES string of the molecule is Cc1cccc2[nH]c(CNC(=O)CSCCN3CCCC3)nc12. The number of amides is 1. The van der Waals surface area contributed by atoms with E-state index in [9.17, 15) is 4.79 Å². The van der Waals surface area contributed by atoms with Crippen molar-refractivity contribution in [1.29, 1.82) is 0 Å². The average Bonchev–Trinajstić information content (AvgIpc) is 3.19. The molecule has 2 aromatic rings. The molecule has 0 radical (unpaired) electrons. The van der Waals surface area contributed by atoms with Gasteiger partial charge in [0.15, 0.2) is 0 Å². The van der Waals surface area contributed by atoms with Crippen LogP contribution in [0.25, 0.3) is 11.0 Å². The van der Waals surface area contributed by atoms with Gasteiger partial charge in [-0.3, -0.25) is 4.79 Å². The maximum atomic E-state index is 11.9. The number of H-pyrrole nitrogens is 1. The molecule has 2 N–H and O–H groups in total. The van der Waals surface area contributed by atoms with Gasteiger partial charge in [-0.15, -0.1) is 0 Å². The lowest BCUT2D eigenvalue weighted by Gasteiger charge is -2.13. The van der Waals surface area contributed by atoms with E-state index in [-0.39, 0.29) is 5.91 Å². The van der Waals surface area contributed by atoms with Crippen molar-refractivity contribution in [3.05, 3.63) is 29.6 Å². The van der Waals surface area contributed by atoms with Gasteiger partial charge >= 0.3 is 0 Å². The number of rotatable bonds is 7. The highest BCUT2D eigenvalue weighted by Crippen LogP contribution is 2.15. The maximum Gasteiger partial charge on any atom is 0.230 e. The van der Waals surface area contributed by atoms with Crippen LogP contribution in [0.2, 0.25) is 0 Å². The molecule has 0 atom stereocenters. The zero-order valence-electron chi connectivity index (χ0n) is 13.6. The van der Waals surface area contributed by atoms with Gasteiger partial charge in [0.1, 0.15) is 5.82 Å². The van der Waals surface area contributed by atoms with E-state index in [1.807, 2.05) is 25.1 Å². The van der Waals surface area contributed by atoms with Crippen molar-refractivity contribution >= 4 is 28.7 Å². The molecule has 3 rings (SSSR count). The highest BCUT2D eigenvalue weighted by molar-refractivity contribution is 7.99. The molecule has 0 spiro atoms. The molecule has 0 saturated carbocycles. The fourth-order valence-corrected chi connectivity index (χ4v) is 3.73. The summed E-state index contributed by atoms with van der Waals surface area (Å²) in [6.07, 6.45) is 2.64. The van der Waals surface area contributed by atoms with Crippen LogP contribution in [-0.2, 0) is 11.3 Å². The summed E-state index contributed by atoms with van der Waals surface area (Å²) in [6.45, 7) is 6.04. The summed E-state index contributed by atoms with van der Waals surface area (Å²) in [5, 5.41) is 2.94. The third-order valence-corrected chi connectivity index (χ3v) is 5.14.